The Labute approximate surface area is 76.7 Å². The fourth-order valence-electron chi connectivity index (χ4n) is 0.228. The number of hydrogen-bond acceptors (Lipinski definition) is 5. The lowest BCUT2D eigenvalue weighted by Crippen LogP contribution is -1.80. The van der Waals surface area contributed by atoms with Gasteiger partial charge in [0.2, 0.25) is 0 Å². The molecule has 0 bridgehead atoms. The number of nitrogens with zero attached hydrogens (tertiary/aromatic N) is 2. The number of halogens is 1. The van der Waals surface area contributed by atoms with Gasteiger partial charge in [0.15, 0.2) is 3.92 Å². The number of carbonyl (C=O) groups excluding carboxylic acids is 1. The van der Waals surface area contributed by atoms with Crippen LogP contribution in [-0.2, 0) is 9.53 Å². The molecule has 0 saturated carbocycles. The third-order valence-electron chi connectivity index (χ3n) is 0.568. The summed E-state index contributed by atoms with van der Waals surface area (Å²) in [7, 11) is 0. The zero-order valence-electron chi connectivity index (χ0n) is 5.86. The third-order valence-corrected chi connectivity index (χ3v) is 1.76. The first-order valence-corrected chi connectivity index (χ1v) is 4.45. The zero-order chi connectivity index (χ0) is 8.53. The highest BCUT2D eigenvalue weighted by Gasteiger charge is 1.81. The van der Waals surface area contributed by atoms with Crippen LogP contribution in [0.4, 0.5) is 0 Å². The predicted octanol–water partition coefficient (Wildman–Crippen LogP) is 1.48. The van der Waals surface area contributed by atoms with E-state index in [2.05, 4.69) is 30.9 Å². The molecule has 0 atom stereocenters. The lowest BCUT2D eigenvalue weighted by atomic mass is 10.9. The molecule has 0 aliphatic rings. The first-order chi connectivity index (χ1) is 5.31. The maximum absolute atomic E-state index is 9.18. The van der Waals surface area contributed by atoms with Crippen molar-refractivity contribution in [2.75, 3.05) is 6.61 Å². The van der Waals surface area contributed by atoms with Crippen LogP contribution >= 0.6 is 27.3 Å². The molecule has 0 radical (unpaired) electrons. The first kappa shape index (κ1) is 10.5. The predicted molar refractivity (Wildman–Crippen MR) is 45.3 cm³/mol. The van der Waals surface area contributed by atoms with Gasteiger partial charge in [-0.15, -0.1) is 10.2 Å². The van der Waals surface area contributed by atoms with Gasteiger partial charge in [-0.05, 0) is 22.9 Å². The van der Waals surface area contributed by atoms with E-state index in [9.17, 15) is 4.79 Å². The molecule has 0 saturated heterocycles. The highest BCUT2D eigenvalue weighted by Crippen LogP contribution is 2.07. The van der Waals surface area contributed by atoms with Crippen LogP contribution < -0.4 is 0 Å². The van der Waals surface area contributed by atoms with Crippen molar-refractivity contribution in [1.29, 1.82) is 0 Å². The fraction of sp³-hybridized carbons (Fsp3) is 0.400. The van der Waals surface area contributed by atoms with Crippen LogP contribution in [0.15, 0.2) is 9.43 Å². The van der Waals surface area contributed by atoms with Crippen molar-refractivity contribution in [1.82, 2.24) is 10.2 Å². The van der Waals surface area contributed by atoms with E-state index in [-0.39, 0.29) is 0 Å². The Morgan fingerprint density at radius 1 is 1.91 bits per heavy atom. The normalized spacial score (nSPS) is 7.82. The summed E-state index contributed by atoms with van der Waals surface area (Å²) in [6.45, 7) is 2.66. The van der Waals surface area contributed by atoms with Gasteiger partial charge in [0.05, 0.1) is 6.61 Å². The summed E-state index contributed by atoms with van der Waals surface area (Å²) in [5, 5.41) is 7.15. The number of aromatic nitrogens is 2. The number of ether oxygens (including phenoxy) is 1. The van der Waals surface area contributed by atoms with Crippen LogP contribution in [0.5, 0.6) is 0 Å². The van der Waals surface area contributed by atoms with Gasteiger partial charge in [-0.25, -0.2) is 0 Å². The fourth-order valence-corrected chi connectivity index (χ4v) is 0.846. The van der Waals surface area contributed by atoms with Gasteiger partial charge >= 0.3 is 0 Å². The van der Waals surface area contributed by atoms with Gasteiger partial charge in [-0.3, -0.25) is 4.79 Å². The molecule has 6 heteroatoms. The van der Waals surface area contributed by atoms with Crippen molar-refractivity contribution in [3.63, 3.8) is 0 Å². The maximum Gasteiger partial charge on any atom is 0.293 e. The number of carbonyl (C=O) groups is 1. The second-order valence-electron chi connectivity index (χ2n) is 1.24. The highest BCUT2D eigenvalue weighted by molar-refractivity contribution is 9.11. The quantitative estimate of drug-likeness (QED) is 0.733. The summed E-state index contributed by atoms with van der Waals surface area (Å²) in [6, 6.07) is 0. The molecular weight excluding hydrogens is 232 g/mol. The van der Waals surface area contributed by atoms with Crippen molar-refractivity contribution in [2.45, 2.75) is 6.92 Å². The number of rotatable bonds is 2. The van der Waals surface area contributed by atoms with Gasteiger partial charge in [0.1, 0.15) is 5.51 Å². The van der Waals surface area contributed by atoms with Gasteiger partial charge in [-0.2, -0.15) is 0 Å². The van der Waals surface area contributed by atoms with Crippen LogP contribution in [0.25, 0.3) is 0 Å². The van der Waals surface area contributed by atoms with E-state index in [0.717, 1.165) is 3.92 Å². The molecule has 1 aromatic heterocycles. The van der Waals surface area contributed by atoms with Gasteiger partial charge < -0.3 is 4.74 Å². The molecule has 1 rings (SSSR count). The average molecular weight is 239 g/mol. The minimum atomic E-state index is 0.431. The second-order valence-corrected chi connectivity index (χ2v) is 3.35. The molecule has 0 aliphatic carbocycles. The summed E-state index contributed by atoms with van der Waals surface area (Å²) >= 11 is 4.60. The Morgan fingerprint density at radius 3 is 2.73 bits per heavy atom. The first-order valence-electron chi connectivity index (χ1n) is 2.78. The molecule has 0 N–H and O–H groups in total. The Morgan fingerprint density at radius 2 is 2.64 bits per heavy atom. The lowest BCUT2D eigenvalue weighted by Gasteiger charge is -1.79. The maximum atomic E-state index is 9.18. The van der Waals surface area contributed by atoms with Crippen molar-refractivity contribution in [3.05, 3.63) is 9.43 Å². The Kier molecular flexibility index (Phi) is 7.28. The Balaban J connectivity index is 0.000000187. The van der Waals surface area contributed by atoms with Crippen LogP contribution in [0.3, 0.4) is 0 Å². The minimum Gasteiger partial charge on any atom is -0.468 e. The Hall–Kier alpha value is -0.490. The van der Waals surface area contributed by atoms with Crippen LogP contribution in [0.1, 0.15) is 6.92 Å². The van der Waals surface area contributed by atoms with E-state index in [0.29, 0.717) is 13.1 Å². The summed E-state index contributed by atoms with van der Waals surface area (Å²) in [5.74, 6) is 0. The zero-order valence-corrected chi connectivity index (χ0v) is 8.26. The van der Waals surface area contributed by atoms with Crippen LogP contribution in [0, 0.1) is 0 Å². The average Bonchev–Trinajstić information content (AvgIpc) is 2.43. The third kappa shape index (κ3) is 7.41. The van der Waals surface area contributed by atoms with Crippen molar-refractivity contribution in [3.8, 4) is 0 Å². The molecule has 0 spiro atoms. The van der Waals surface area contributed by atoms with Gasteiger partial charge in [0.25, 0.3) is 6.47 Å². The van der Waals surface area contributed by atoms with Gasteiger partial charge in [-0.1, -0.05) is 11.3 Å². The highest BCUT2D eigenvalue weighted by atomic mass is 79.9. The Bertz CT molecular complexity index is 181. The molecule has 0 aromatic carbocycles. The summed E-state index contributed by atoms with van der Waals surface area (Å²) in [6.07, 6.45) is 0. The summed E-state index contributed by atoms with van der Waals surface area (Å²) in [4.78, 5) is 9.18. The molecule has 4 nitrogen and oxygen atoms in total. The molecular formula is C5H7BrN2O2S. The molecule has 11 heavy (non-hydrogen) atoms. The monoisotopic (exact) mass is 238 g/mol. The molecule has 1 heterocycles. The molecule has 0 amide bonds. The van der Waals surface area contributed by atoms with E-state index < -0.39 is 0 Å². The lowest BCUT2D eigenvalue weighted by molar-refractivity contribution is -0.128. The van der Waals surface area contributed by atoms with E-state index in [1.165, 1.54) is 11.3 Å². The summed E-state index contributed by atoms with van der Waals surface area (Å²) < 4.78 is 4.99. The van der Waals surface area contributed by atoms with E-state index in [1.54, 1.807) is 12.4 Å². The van der Waals surface area contributed by atoms with Crippen molar-refractivity contribution < 1.29 is 9.53 Å². The molecule has 0 unspecified atom stereocenters. The standard InChI is InChI=1S/C3H6O2.C2HBrN2S/c1-2-5-3-4;3-2-5-4-1-6-2/h3H,2H2,1H3;1H. The van der Waals surface area contributed by atoms with Crippen LogP contribution in [0.2, 0.25) is 0 Å². The van der Waals surface area contributed by atoms with Crippen molar-refractivity contribution >= 4 is 33.7 Å². The SMILES string of the molecule is Brc1nncs1.CCOC=O. The van der Waals surface area contributed by atoms with Crippen LogP contribution in [-0.4, -0.2) is 23.3 Å². The second kappa shape index (κ2) is 7.62. The van der Waals surface area contributed by atoms with E-state index >= 15 is 0 Å². The largest absolute Gasteiger partial charge is 0.468 e. The van der Waals surface area contributed by atoms with Crippen molar-refractivity contribution in [2.24, 2.45) is 0 Å². The minimum absolute atomic E-state index is 0.431. The van der Waals surface area contributed by atoms with E-state index in [4.69, 9.17) is 0 Å². The molecule has 0 aliphatic heterocycles. The van der Waals surface area contributed by atoms with Gasteiger partial charge in [0, 0.05) is 0 Å². The smallest absolute Gasteiger partial charge is 0.293 e. The molecule has 62 valence electrons. The molecule has 0 fully saturated rings. The molecule has 1 aromatic rings. The summed E-state index contributed by atoms with van der Waals surface area (Å²) in [5.41, 5.74) is 1.67. The van der Waals surface area contributed by atoms with E-state index in [1.807, 2.05) is 0 Å². The topological polar surface area (TPSA) is 52.1 Å². The number of hydrogen-bond donors (Lipinski definition) is 0.